The standard InChI is InChI=1S/C19H17Cl3N2O3/c20-11-4-6-17(24-19(26)14-5-3-12(21)9-16(14)22)15(8-11)18(25)23-10-13-2-1-7-27-13/h3-6,8-9,13H,1-2,7,10H2,(H,23,25)(H,24,26)/t13-/m0/s1. The van der Waals surface area contributed by atoms with Gasteiger partial charge in [0.25, 0.3) is 11.8 Å². The van der Waals surface area contributed by atoms with E-state index in [0.717, 1.165) is 12.8 Å². The van der Waals surface area contributed by atoms with Gasteiger partial charge < -0.3 is 15.4 Å². The summed E-state index contributed by atoms with van der Waals surface area (Å²) in [4.78, 5) is 25.1. The number of anilines is 1. The van der Waals surface area contributed by atoms with Gasteiger partial charge in [0.05, 0.1) is 27.9 Å². The van der Waals surface area contributed by atoms with Gasteiger partial charge in [0.2, 0.25) is 0 Å². The van der Waals surface area contributed by atoms with Crippen molar-refractivity contribution in [2.45, 2.75) is 18.9 Å². The molecule has 0 aliphatic carbocycles. The third-order valence-corrected chi connectivity index (χ3v) is 4.95. The number of benzene rings is 2. The van der Waals surface area contributed by atoms with Gasteiger partial charge in [0.1, 0.15) is 0 Å². The summed E-state index contributed by atoms with van der Waals surface area (Å²) in [5.74, 6) is -0.794. The molecular weight excluding hydrogens is 411 g/mol. The van der Waals surface area contributed by atoms with Crippen molar-refractivity contribution >= 4 is 52.3 Å². The van der Waals surface area contributed by atoms with E-state index in [1.165, 1.54) is 18.2 Å². The van der Waals surface area contributed by atoms with Crippen LogP contribution >= 0.6 is 34.8 Å². The van der Waals surface area contributed by atoms with Crippen LogP contribution in [0.3, 0.4) is 0 Å². The molecule has 0 unspecified atom stereocenters. The Hall–Kier alpha value is -1.79. The smallest absolute Gasteiger partial charge is 0.257 e. The number of carbonyl (C=O) groups is 2. The van der Waals surface area contributed by atoms with Crippen molar-refractivity contribution in [3.05, 3.63) is 62.6 Å². The van der Waals surface area contributed by atoms with E-state index >= 15 is 0 Å². The van der Waals surface area contributed by atoms with Crippen LogP contribution in [0.2, 0.25) is 15.1 Å². The molecule has 1 aliphatic rings. The molecule has 1 saturated heterocycles. The lowest BCUT2D eigenvalue weighted by atomic mass is 10.1. The molecule has 27 heavy (non-hydrogen) atoms. The van der Waals surface area contributed by atoms with Gasteiger partial charge in [0.15, 0.2) is 0 Å². The van der Waals surface area contributed by atoms with E-state index in [1.807, 2.05) is 0 Å². The van der Waals surface area contributed by atoms with E-state index in [0.29, 0.717) is 28.9 Å². The zero-order valence-corrected chi connectivity index (χ0v) is 16.5. The van der Waals surface area contributed by atoms with Crippen LogP contribution in [0.1, 0.15) is 33.6 Å². The van der Waals surface area contributed by atoms with Crippen LogP contribution in [0.15, 0.2) is 36.4 Å². The van der Waals surface area contributed by atoms with Crippen molar-refractivity contribution < 1.29 is 14.3 Å². The zero-order valence-electron chi connectivity index (χ0n) is 14.2. The summed E-state index contributed by atoms with van der Waals surface area (Å²) in [6, 6.07) is 9.25. The molecule has 0 radical (unpaired) electrons. The molecule has 3 rings (SSSR count). The average molecular weight is 428 g/mol. The van der Waals surface area contributed by atoms with Gasteiger partial charge in [-0.15, -0.1) is 0 Å². The molecule has 2 N–H and O–H groups in total. The molecule has 142 valence electrons. The minimum Gasteiger partial charge on any atom is -0.376 e. The maximum atomic E-state index is 12.6. The Morgan fingerprint density at radius 1 is 1.00 bits per heavy atom. The fourth-order valence-corrected chi connectivity index (χ4v) is 3.45. The molecule has 0 bridgehead atoms. The Morgan fingerprint density at radius 2 is 1.74 bits per heavy atom. The quantitative estimate of drug-likeness (QED) is 0.719. The van der Waals surface area contributed by atoms with Gasteiger partial charge in [0, 0.05) is 23.2 Å². The molecule has 8 heteroatoms. The van der Waals surface area contributed by atoms with E-state index in [2.05, 4.69) is 10.6 Å². The molecule has 2 aromatic rings. The number of halogens is 3. The summed E-state index contributed by atoms with van der Waals surface area (Å²) in [6.07, 6.45) is 1.91. The molecule has 0 saturated carbocycles. The van der Waals surface area contributed by atoms with Crippen LogP contribution < -0.4 is 10.6 Å². The topological polar surface area (TPSA) is 67.4 Å². The largest absolute Gasteiger partial charge is 0.376 e. The van der Waals surface area contributed by atoms with E-state index in [9.17, 15) is 9.59 Å². The Balaban J connectivity index is 1.76. The summed E-state index contributed by atoms with van der Waals surface area (Å²) in [7, 11) is 0. The van der Waals surface area contributed by atoms with E-state index in [-0.39, 0.29) is 28.2 Å². The van der Waals surface area contributed by atoms with Crippen LogP contribution in [0.4, 0.5) is 5.69 Å². The highest BCUT2D eigenvalue weighted by atomic mass is 35.5. The van der Waals surface area contributed by atoms with Crippen LogP contribution in [-0.4, -0.2) is 31.1 Å². The van der Waals surface area contributed by atoms with Crippen molar-refractivity contribution in [3.63, 3.8) is 0 Å². The highest BCUT2D eigenvalue weighted by molar-refractivity contribution is 6.37. The number of hydrogen-bond acceptors (Lipinski definition) is 3. The van der Waals surface area contributed by atoms with Crippen LogP contribution in [0, 0.1) is 0 Å². The number of amides is 2. The summed E-state index contributed by atoms with van der Waals surface area (Å²) in [5.41, 5.74) is 0.848. The Labute approximate surface area is 171 Å². The molecule has 1 fully saturated rings. The lowest BCUT2D eigenvalue weighted by Crippen LogP contribution is -2.32. The maximum Gasteiger partial charge on any atom is 0.257 e. The molecule has 1 atom stereocenters. The first-order valence-electron chi connectivity index (χ1n) is 8.40. The molecule has 0 spiro atoms. The lowest BCUT2D eigenvalue weighted by Gasteiger charge is -2.14. The number of ether oxygens (including phenoxy) is 1. The van der Waals surface area contributed by atoms with E-state index < -0.39 is 5.91 Å². The van der Waals surface area contributed by atoms with Gasteiger partial charge in [-0.2, -0.15) is 0 Å². The normalized spacial score (nSPS) is 16.2. The van der Waals surface area contributed by atoms with Gasteiger partial charge in [-0.25, -0.2) is 0 Å². The van der Waals surface area contributed by atoms with Crippen LogP contribution in [0.5, 0.6) is 0 Å². The third-order valence-electron chi connectivity index (χ3n) is 4.16. The van der Waals surface area contributed by atoms with Crippen molar-refractivity contribution in [2.24, 2.45) is 0 Å². The Kier molecular flexibility index (Phi) is 6.60. The van der Waals surface area contributed by atoms with Gasteiger partial charge >= 0.3 is 0 Å². The number of hydrogen-bond donors (Lipinski definition) is 2. The van der Waals surface area contributed by atoms with Crippen molar-refractivity contribution in [1.29, 1.82) is 0 Å². The van der Waals surface area contributed by atoms with Crippen molar-refractivity contribution in [2.75, 3.05) is 18.5 Å². The molecule has 0 aromatic heterocycles. The predicted octanol–water partition coefficient (Wildman–Crippen LogP) is 4.81. The Bertz CT molecular complexity index is 867. The second kappa shape index (κ2) is 8.93. The maximum absolute atomic E-state index is 12.6. The second-order valence-corrected chi connectivity index (χ2v) is 7.39. The first-order valence-corrected chi connectivity index (χ1v) is 9.53. The summed E-state index contributed by atoms with van der Waals surface area (Å²) in [5, 5.41) is 6.57. The van der Waals surface area contributed by atoms with Gasteiger partial charge in [-0.05, 0) is 49.2 Å². The summed E-state index contributed by atoms with van der Waals surface area (Å²) < 4.78 is 5.50. The minimum absolute atomic E-state index is 0.0130. The van der Waals surface area contributed by atoms with Crippen molar-refractivity contribution in [3.8, 4) is 0 Å². The first kappa shape index (κ1) is 20.0. The number of rotatable bonds is 5. The lowest BCUT2D eigenvalue weighted by molar-refractivity contribution is 0.0858. The highest BCUT2D eigenvalue weighted by Crippen LogP contribution is 2.25. The molecule has 5 nitrogen and oxygen atoms in total. The van der Waals surface area contributed by atoms with E-state index in [1.54, 1.807) is 18.2 Å². The van der Waals surface area contributed by atoms with Crippen LogP contribution in [0.25, 0.3) is 0 Å². The third kappa shape index (κ3) is 5.14. The summed E-state index contributed by atoms with van der Waals surface area (Å²) in [6.45, 7) is 1.11. The van der Waals surface area contributed by atoms with Gasteiger partial charge in [-0.1, -0.05) is 34.8 Å². The predicted molar refractivity (Wildman–Crippen MR) is 107 cm³/mol. The minimum atomic E-state index is -0.452. The van der Waals surface area contributed by atoms with Gasteiger partial charge in [-0.3, -0.25) is 9.59 Å². The highest BCUT2D eigenvalue weighted by Gasteiger charge is 2.20. The fraction of sp³-hybridized carbons (Fsp3) is 0.263. The van der Waals surface area contributed by atoms with Crippen molar-refractivity contribution in [1.82, 2.24) is 5.32 Å². The number of nitrogens with one attached hydrogen (secondary N) is 2. The fourth-order valence-electron chi connectivity index (χ4n) is 2.78. The molecule has 1 aliphatic heterocycles. The molecular formula is C19H17Cl3N2O3. The van der Waals surface area contributed by atoms with Crippen LogP contribution in [-0.2, 0) is 4.74 Å². The monoisotopic (exact) mass is 426 g/mol. The SMILES string of the molecule is O=C(Nc1ccc(Cl)cc1C(=O)NC[C@@H]1CCCO1)c1ccc(Cl)cc1Cl. The summed E-state index contributed by atoms with van der Waals surface area (Å²) >= 11 is 18.0. The Morgan fingerprint density at radius 3 is 2.44 bits per heavy atom. The zero-order chi connectivity index (χ0) is 19.4. The average Bonchev–Trinajstić information content (AvgIpc) is 3.14. The number of carbonyl (C=O) groups excluding carboxylic acids is 2. The molecule has 2 aromatic carbocycles. The first-order chi connectivity index (χ1) is 12.9. The molecule has 1 heterocycles. The van der Waals surface area contributed by atoms with E-state index in [4.69, 9.17) is 39.5 Å². The molecule has 2 amide bonds. The second-order valence-electron chi connectivity index (χ2n) is 6.11.